The first-order chi connectivity index (χ1) is 13.4. The lowest BCUT2D eigenvalue weighted by Gasteiger charge is -2.16. The van der Waals surface area contributed by atoms with Crippen LogP contribution in [-0.2, 0) is 9.53 Å². The highest BCUT2D eigenvalue weighted by atomic mass is 32.1. The number of hydrogen-bond acceptors (Lipinski definition) is 5. The highest BCUT2D eigenvalue weighted by molar-refractivity contribution is 7.19. The van der Waals surface area contributed by atoms with E-state index >= 15 is 0 Å². The van der Waals surface area contributed by atoms with Gasteiger partial charge < -0.3 is 4.74 Å². The molecule has 6 heteroatoms. The summed E-state index contributed by atoms with van der Waals surface area (Å²) in [6.45, 7) is 10.3. The van der Waals surface area contributed by atoms with E-state index < -0.39 is 6.04 Å². The van der Waals surface area contributed by atoms with Gasteiger partial charge in [0.1, 0.15) is 10.9 Å². The van der Waals surface area contributed by atoms with Gasteiger partial charge in [-0.2, -0.15) is 0 Å². The van der Waals surface area contributed by atoms with Crippen molar-refractivity contribution in [2.75, 3.05) is 6.61 Å². The molecule has 0 unspecified atom stereocenters. The van der Waals surface area contributed by atoms with Gasteiger partial charge in [-0.1, -0.05) is 32.0 Å². The molecule has 148 valence electrons. The molecule has 0 radical (unpaired) electrons. The van der Waals surface area contributed by atoms with E-state index in [1.807, 2.05) is 26.8 Å². The highest BCUT2D eigenvalue weighted by Gasteiger charge is 2.24. The van der Waals surface area contributed by atoms with Crippen LogP contribution in [0.3, 0.4) is 0 Å². The summed E-state index contributed by atoms with van der Waals surface area (Å²) in [6, 6.07) is 5.55. The number of ether oxygens (including phenoxy) is 1. The number of carbonyl (C=O) groups is 1. The molecule has 0 amide bonds. The van der Waals surface area contributed by atoms with Gasteiger partial charge in [0, 0.05) is 10.4 Å². The van der Waals surface area contributed by atoms with Gasteiger partial charge in [-0.15, -0.1) is 11.3 Å². The summed E-state index contributed by atoms with van der Waals surface area (Å²) in [5.41, 5.74) is 4.11. The molecule has 0 aliphatic carbocycles. The Kier molecular flexibility index (Phi) is 5.98. The van der Waals surface area contributed by atoms with Crippen LogP contribution in [0.4, 0.5) is 0 Å². The molecule has 1 aromatic carbocycles. The van der Waals surface area contributed by atoms with E-state index in [0.717, 1.165) is 22.4 Å². The van der Waals surface area contributed by atoms with Gasteiger partial charge in [-0.3, -0.25) is 9.36 Å². The van der Waals surface area contributed by atoms with Crippen LogP contribution in [0.15, 0.2) is 29.3 Å². The number of fused-ring (bicyclic) bond motifs is 1. The lowest BCUT2D eigenvalue weighted by molar-refractivity contribution is -0.147. The van der Waals surface area contributed by atoms with Gasteiger partial charge >= 0.3 is 5.97 Å². The molecular formula is C22H26N2O3S. The maximum atomic E-state index is 13.4. The Morgan fingerprint density at radius 1 is 1.21 bits per heavy atom. The van der Waals surface area contributed by atoms with E-state index in [0.29, 0.717) is 23.2 Å². The second kappa shape index (κ2) is 8.27. The third-order valence-electron chi connectivity index (χ3n) is 5.05. The molecule has 2 aromatic heterocycles. The highest BCUT2D eigenvalue weighted by Crippen LogP contribution is 2.36. The predicted molar refractivity (Wildman–Crippen MR) is 114 cm³/mol. The second-order valence-electron chi connectivity index (χ2n) is 7.06. The molecule has 0 bridgehead atoms. The largest absolute Gasteiger partial charge is 0.464 e. The first-order valence-corrected chi connectivity index (χ1v) is 10.4. The summed E-state index contributed by atoms with van der Waals surface area (Å²) in [6.07, 6.45) is 2.69. The van der Waals surface area contributed by atoms with E-state index in [4.69, 9.17) is 4.74 Å². The van der Waals surface area contributed by atoms with Crippen LogP contribution in [-0.4, -0.2) is 22.1 Å². The van der Waals surface area contributed by atoms with Crippen molar-refractivity contribution in [3.8, 4) is 11.1 Å². The monoisotopic (exact) mass is 398 g/mol. The Morgan fingerprint density at radius 3 is 2.61 bits per heavy atom. The molecule has 0 aliphatic heterocycles. The Hall–Kier alpha value is -2.47. The van der Waals surface area contributed by atoms with Crippen molar-refractivity contribution < 1.29 is 9.53 Å². The summed E-state index contributed by atoms with van der Waals surface area (Å²) in [5.74, 6) is -0.382. The molecule has 3 aromatic rings. The maximum absolute atomic E-state index is 13.4. The van der Waals surface area contributed by atoms with Gasteiger partial charge in [0.15, 0.2) is 0 Å². The molecule has 0 aliphatic rings. The van der Waals surface area contributed by atoms with Crippen LogP contribution in [0.5, 0.6) is 0 Å². The van der Waals surface area contributed by atoms with Crippen molar-refractivity contribution in [1.29, 1.82) is 0 Å². The standard InChI is InChI=1S/C22H26N2O3S/c1-6-10-27-22(26)17(7-2)24-12-23-20-19(21(24)25)18(15(5)28-20)16-9-8-13(3)14(4)11-16/h8-9,11-12,17H,6-7,10H2,1-5H3/t17-/m0/s1. The van der Waals surface area contributed by atoms with E-state index in [2.05, 4.69) is 31.0 Å². The Labute approximate surface area is 169 Å². The summed E-state index contributed by atoms with van der Waals surface area (Å²) in [4.78, 5) is 32.1. The van der Waals surface area contributed by atoms with Crippen LogP contribution >= 0.6 is 11.3 Å². The Morgan fingerprint density at radius 2 is 1.96 bits per heavy atom. The van der Waals surface area contributed by atoms with E-state index in [9.17, 15) is 9.59 Å². The first kappa shape index (κ1) is 20.3. The minimum atomic E-state index is -0.663. The maximum Gasteiger partial charge on any atom is 0.329 e. The van der Waals surface area contributed by atoms with Gasteiger partial charge in [0.2, 0.25) is 0 Å². The van der Waals surface area contributed by atoms with Crippen LogP contribution in [0.2, 0.25) is 0 Å². The van der Waals surface area contributed by atoms with E-state index in [1.165, 1.54) is 33.4 Å². The second-order valence-corrected chi connectivity index (χ2v) is 8.26. The van der Waals surface area contributed by atoms with E-state index in [-0.39, 0.29) is 11.5 Å². The fourth-order valence-corrected chi connectivity index (χ4v) is 4.36. The molecule has 0 saturated carbocycles. The Balaban J connectivity index is 2.19. The molecular weight excluding hydrogens is 372 g/mol. The van der Waals surface area contributed by atoms with Gasteiger partial charge in [-0.25, -0.2) is 9.78 Å². The molecule has 3 rings (SSSR count). The number of thiophene rings is 1. The summed E-state index contributed by atoms with van der Waals surface area (Å²) < 4.78 is 6.72. The van der Waals surface area contributed by atoms with Gasteiger partial charge in [-0.05, 0) is 50.3 Å². The van der Waals surface area contributed by atoms with Crippen LogP contribution in [0, 0.1) is 20.8 Å². The predicted octanol–water partition coefficient (Wildman–Crippen LogP) is 4.95. The molecule has 0 N–H and O–H groups in total. The van der Waals surface area contributed by atoms with Crippen molar-refractivity contribution in [2.45, 2.75) is 53.5 Å². The number of nitrogens with zero attached hydrogens (tertiary/aromatic N) is 2. The quantitative estimate of drug-likeness (QED) is 0.551. The summed E-state index contributed by atoms with van der Waals surface area (Å²) in [5, 5.41) is 0.579. The number of aromatic nitrogens is 2. The minimum absolute atomic E-state index is 0.192. The molecule has 5 nitrogen and oxygen atoms in total. The minimum Gasteiger partial charge on any atom is -0.464 e. The zero-order valence-electron chi connectivity index (χ0n) is 17.0. The number of esters is 1. The molecule has 0 spiro atoms. The van der Waals surface area contributed by atoms with Crippen molar-refractivity contribution in [2.24, 2.45) is 0 Å². The number of aryl methyl sites for hydroxylation is 3. The molecule has 0 saturated heterocycles. The summed E-state index contributed by atoms with van der Waals surface area (Å²) >= 11 is 1.51. The zero-order chi connectivity index (χ0) is 20.4. The lowest BCUT2D eigenvalue weighted by Crippen LogP contribution is -2.31. The molecule has 1 atom stereocenters. The van der Waals surface area contributed by atoms with Crippen molar-refractivity contribution >= 4 is 27.5 Å². The smallest absolute Gasteiger partial charge is 0.329 e. The normalized spacial score (nSPS) is 12.3. The van der Waals surface area contributed by atoms with Gasteiger partial charge in [0.25, 0.3) is 5.56 Å². The fourth-order valence-electron chi connectivity index (χ4n) is 3.36. The zero-order valence-corrected chi connectivity index (χ0v) is 17.9. The van der Waals surface area contributed by atoms with Crippen LogP contribution in [0.25, 0.3) is 21.3 Å². The van der Waals surface area contributed by atoms with Crippen LogP contribution in [0.1, 0.15) is 48.7 Å². The molecule has 0 fully saturated rings. The molecule has 2 heterocycles. The van der Waals surface area contributed by atoms with Crippen molar-refractivity contribution in [1.82, 2.24) is 9.55 Å². The van der Waals surface area contributed by atoms with Crippen molar-refractivity contribution in [3.05, 3.63) is 50.9 Å². The van der Waals surface area contributed by atoms with E-state index in [1.54, 1.807) is 0 Å². The average molecular weight is 399 g/mol. The lowest BCUT2D eigenvalue weighted by atomic mass is 9.99. The fraction of sp³-hybridized carbons (Fsp3) is 0.409. The third-order valence-corrected chi connectivity index (χ3v) is 6.07. The van der Waals surface area contributed by atoms with Crippen LogP contribution < -0.4 is 5.56 Å². The van der Waals surface area contributed by atoms with Gasteiger partial charge in [0.05, 0.1) is 18.3 Å². The van der Waals surface area contributed by atoms with Crippen molar-refractivity contribution in [3.63, 3.8) is 0 Å². The third kappa shape index (κ3) is 3.61. The topological polar surface area (TPSA) is 61.2 Å². The molecule has 28 heavy (non-hydrogen) atoms. The number of carbonyl (C=O) groups excluding carboxylic acids is 1. The Bertz CT molecular complexity index is 1080. The number of benzene rings is 1. The summed E-state index contributed by atoms with van der Waals surface area (Å²) in [7, 11) is 0. The first-order valence-electron chi connectivity index (χ1n) is 9.63. The average Bonchev–Trinajstić information content (AvgIpc) is 3.01. The SMILES string of the molecule is CCCOC(=O)[C@H](CC)n1cnc2sc(C)c(-c3ccc(C)c(C)c3)c2c1=O. The number of rotatable bonds is 6. The number of hydrogen-bond donors (Lipinski definition) is 0.